The average molecular weight is 403 g/mol. The molecule has 1 N–H and O–H groups in total. The summed E-state index contributed by atoms with van der Waals surface area (Å²) in [6.45, 7) is 4.34. The van der Waals surface area contributed by atoms with Crippen molar-refractivity contribution < 1.29 is 19.1 Å². The number of hydrogen-bond acceptors (Lipinski definition) is 4. The van der Waals surface area contributed by atoms with Gasteiger partial charge in [-0.25, -0.2) is 4.79 Å². The fourth-order valence-corrected chi connectivity index (χ4v) is 4.21. The van der Waals surface area contributed by atoms with Crippen LogP contribution in [0, 0.1) is 0 Å². The second-order valence-electron chi connectivity index (χ2n) is 7.47. The maximum absolute atomic E-state index is 13.6. The van der Waals surface area contributed by atoms with E-state index in [9.17, 15) is 9.59 Å². The fourth-order valence-electron chi connectivity index (χ4n) is 4.21. The lowest BCUT2D eigenvalue weighted by atomic mass is 9.94. The molecule has 0 saturated heterocycles. The number of ether oxygens (including phenoxy) is 2. The van der Waals surface area contributed by atoms with Crippen LogP contribution in [0.4, 0.5) is 0 Å². The molecule has 4 rings (SSSR count). The van der Waals surface area contributed by atoms with E-state index in [0.717, 1.165) is 21.9 Å². The number of esters is 1. The number of carbonyl (C=O) groups excluding carboxylic acids is 2. The Kier molecular flexibility index (Phi) is 5.44. The standard InChI is InChI=1S/C25H25NO4/c1-3-29-21-14-13-17-9-7-8-12-20(17)22(21)23(27)26-25(24(28)30-4-2)15-18-10-5-6-11-19(18)16-25/h5-14H,3-4,15-16H2,1-2H3,(H,26,27). The van der Waals surface area contributed by atoms with Gasteiger partial charge in [-0.2, -0.15) is 0 Å². The molecular formula is C25H25NO4. The molecule has 3 aromatic rings. The number of carbonyl (C=O) groups is 2. The normalized spacial score (nSPS) is 14.2. The summed E-state index contributed by atoms with van der Waals surface area (Å²) in [6, 6.07) is 19.3. The molecule has 0 bridgehead atoms. The van der Waals surface area contributed by atoms with Crippen LogP contribution in [0.25, 0.3) is 10.8 Å². The maximum Gasteiger partial charge on any atom is 0.332 e. The second-order valence-corrected chi connectivity index (χ2v) is 7.47. The van der Waals surface area contributed by atoms with Gasteiger partial charge < -0.3 is 14.8 Å². The van der Waals surface area contributed by atoms with Crippen molar-refractivity contribution in [2.75, 3.05) is 13.2 Å². The van der Waals surface area contributed by atoms with E-state index in [-0.39, 0.29) is 12.5 Å². The zero-order valence-electron chi connectivity index (χ0n) is 17.2. The zero-order valence-corrected chi connectivity index (χ0v) is 17.2. The lowest BCUT2D eigenvalue weighted by molar-refractivity contribution is -0.150. The molecule has 0 spiro atoms. The Morgan fingerprint density at radius 2 is 1.57 bits per heavy atom. The van der Waals surface area contributed by atoms with E-state index in [1.807, 2.05) is 61.5 Å². The van der Waals surface area contributed by atoms with Gasteiger partial charge >= 0.3 is 5.97 Å². The summed E-state index contributed by atoms with van der Waals surface area (Å²) in [5, 5.41) is 4.76. The van der Waals surface area contributed by atoms with Gasteiger partial charge in [0.15, 0.2) is 0 Å². The van der Waals surface area contributed by atoms with Gasteiger partial charge in [0.25, 0.3) is 5.91 Å². The van der Waals surface area contributed by atoms with E-state index in [1.54, 1.807) is 13.0 Å². The minimum absolute atomic E-state index is 0.255. The van der Waals surface area contributed by atoms with Crippen LogP contribution in [0.15, 0.2) is 60.7 Å². The minimum atomic E-state index is -1.13. The Morgan fingerprint density at radius 3 is 2.23 bits per heavy atom. The molecule has 5 heteroatoms. The van der Waals surface area contributed by atoms with Crippen LogP contribution in [0.5, 0.6) is 5.75 Å². The van der Waals surface area contributed by atoms with Gasteiger partial charge in [0.1, 0.15) is 11.3 Å². The van der Waals surface area contributed by atoms with Gasteiger partial charge in [-0.15, -0.1) is 0 Å². The van der Waals surface area contributed by atoms with Crippen molar-refractivity contribution >= 4 is 22.6 Å². The van der Waals surface area contributed by atoms with E-state index in [0.29, 0.717) is 30.8 Å². The lowest BCUT2D eigenvalue weighted by Crippen LogP contribution is -2.56. The largest absolute Gasteiger partial charge is 0.493 e. The Morgan fingerprint density at radius 1 is 0.900 bits per heavy atom. The summed E-state index contributed by atoms with van der Waals surface area (Å²) in [5.41, 5.74) is 1.41. The minimum Gasteiger partial charge on any atom is -0.493 e. The third-order valence-corrected chi connectivity index (χ3v) is 5.54. The maximum atomic E-state index is 13.6. The molecule has 1 aliphatic carbocycles. The first-order valence-corrected chi connectivity index (χ1v) is 10.3. The molecular weight excluding hydrogens is 378 g/mol. The van der Waals surface area contributed by atoms with Crippen LogP contribution in [-0.4, -0.2) is 30.6 Å². The summed E-state index contributed by atoms with van der Waals surface area (Å²) >= 11 is 0. The van der Waals surface area contributed by atoms with Crippen LogP contribution in [-0.2, 0) is 22.4 Å². The predicted octanol–water partition coefficient (Wildman–Crippen LogP) is 4.07. The van der Waals surface area contributed by atoms with Crippen molar-refractivity contribution in [3.05, 3.63) is 77.4 Å². The molecule has 0 aromatic heterocycles. The van der Waals surface area contributed by atoms with Crippen molar-refractivity contribution in [3.63, 3.8) is 0 Å². The predicted molar refractivity (Wildman–Crippen MR) is 116 cm³/mol. The van der Waals surface area contributed by atoms with Gasteiger partial charge in [0.05, 0.1) is 18.8 Å². The van der Waals surface area contributed by atoms with Crippen LogP contribution >= 0.6 is 0 Å². The Bertz CT molecular complexity index is 1080. The van der Waals surface area contributed by atoms with Gasteiger partial charge in [0.2, 0.25) is 0 Å². The average Bonchev–Trinajstić information content (AvgIpc) is 3.13. The third-order valence-electron chi connectivity index (χ3n) is 5.54. The first-order chi connectivity index (χ1) is 14.6. The summed E-state index contributed by atoms with van der Waals surface area (Å²) in [6.07, 6.45) is 0.810. The van der Waals surface area contributed by atoms with E-state index in [2.05, 4.69) is 5.32 Å². The molecule has 5 nitrogen and oxygen atoms in total. The molecule has 3 aromatic carbocycles. The highest BCUT2D eigenvalue weighted by atomic mass is 16.5. The van der Waals surface area contributed by atoms with Crippen LogP contribution < -0.4 is 10.1 Å². The quantitative estimate of drug-likeness (QED) is 0.630. The zero-order chi connectivity index (χ0) is 21.1. The Balaban J connectivity index is 1.76. The van der Waals surface area contributed by atoms with E-state index in [1.165, 1.54) is 0 Å². The molecule has 1 amide bonds. The number of nitrogens with one attached hydrogen (secondary N) is 1. The van der Waals surface area contributed by atoms with E-state index >= 15 is 0 Å². The number of benzene rings is 3. The summed E-state index contributed by atoms with van der Waals surface area (Å²) in [4.78, 5) is 26.6. The third kappa shape index (κ3) is 3.52. The SMILES string of the molecule is CCOC(=O)C1(NC(=O)c2c(OCC)ccc3ccccc23)Cc2ccccc2C1. The van der Waals surface area contributed by atoms with Crippen molar-refractivity contribution in [3.8, 4) is 5.75 Å². The Hall–Kier alpha value is -3.34. The van der Waals surface area contributed by atoms with Crippen LogP contribution in [0.1, 0.15) is 35.3 Å². The van der Waals surface area contributed by atoms with E-state index < -0.39 is 11.5 Å². The topological polar surface area (TPSA) is 64.6 Å². The molecule has 0 aliphatic heterocycles. The highest BCUT2D eigenvalue weighted by Gasteiger charge is 2.46. The molecule has 1 aliphatic rings. The van der Waals surface area contributed by atoms with Crippen molar-refractivity contribution in [1.29, 1.82) is 0 Å². The number of amides is 1. The molecule has 0 atom stereocenters. The molecule has 30 heavy (non-hydrogen) atoms. The van der Waals surface area contributed by atoms with Gasteiger partial charge in [-0.3, -0.25) is 4.79 Å². The smallest absolute Gasteiger partial charge is 0.332 e. The number of rotatable bonds is 6. The number of hydrogen-bond donors (Lipinski definition) is 1. The second kappa shape index (κ2) is 8.19. The Labute approximate surface area is 176 Å². The fraction of sp³-hybridized carbons (Fsp3) is 0.280. The molecule has 0 fully saturated rings. The van der Waals surface area contributed by atoms with Crippen LogP contribution in [0.3, 0.4) is 0 Å². The first-order valence-electron chi connectivity index (χ1n) is 10.3. The summed E-state index contributed by atoms with van der Waals surface area (Å²) in [7, 11) is 0. The first kappa shape index (κ1) is 20.0. The number of fused-ring (bicyclic) bond motifs is 2. The molecule has 0 heterocycles. The van der Waals surface area contributed by atoms with E-state index in [4.69, 9.17) is 9.47 Å². The highest BCUT2D eigenvalue weighted by Crippen LogP contribution is 2.34. The molecule has 0 unspecified atom stereocenters. The highest BCUT2D eigenvalue weighted by molar-refractivity contribution is 6.11. The molecule has 154 valence electrons. The molecule has 0 radical (unpaired) electrons. The van der Waals surface area contributed by atoms with Crippen molar-refractivity contribution in [2.45, 2.75) is 32.2 Å². The van der Waals surface area contributed by atoms with Crippen LogP contribution in [0.2, 0.25) is 0 Å². The van der Waals surface area contributed by atoms with Gasteiger partial charge in [-0.1, -0.05) is 54.6 Å². The van der Waals surface area contributed by atoms with Gasteiger partial charge in [-0.05, 0) is 41.8 Å². The van der Waals surface area contributed by atoms with Crippen molar-refractivity contribution in [1.82, 2.24) is 5.32 Å². The monoisotopic (exact) mass is 403 g/mol. The summed E-state index contributed by atoms with van der Waals surface area (Å²) in [5.74, 6) is -0.243. The van der Waals surface area contributed by atoms with Crippen molar-refractivity contribution in [2.24, 2.45) is 0 Å². The summed E-state index contributed by atoms with van der Waals surface area (Å²) < 4.78 is 11.1. The molecule has 0 saturated carbocycles. The van der Waals surface area contributed by atoms with Gasteiger partial charge in [0, 0.05) is 12.8 Å². The lowest BCUT2D eigenvalue weighted by Gasteiger charge is -2.28.